The summed E-state index contributed by atoms with van der Waals surface area (Å²) in [4.78, 5) is 21.4. The smallest absolute Gasteiger partial charge is 0.373 e. The molecule has 0 fully saturated rings. The molecule has 0 aliphatic heterocycles. The molecule has 1 heterocycles. The van der Waals surface area contributed by atoms with Crippen LogP contribution in [0.15, 0.2) is 15.4 Å². The molecule has 1 aromatic rings. The number of carbonyl (C=O) groups is 2. The van der Waals surface area contributed by atoms with Crippen molar-refractivity contribution in [1.29, 1.82) is 0 Å². The van der Waals surface area contributed by atoms with E-state index in [0.29, 0.717) is 0 Å². The number of aryl methyl sites for hydroxylation is 1. The maximum Gasteiger partial charge on any atom is 0.373 e. The number of methoxy groups -OCH3 is 1. The lowest BCUT2D eigenvalue weighted by Gasteiger charge is -2.04. The van der Waals surface area contributed by atoms with Crippen molar-refractivity contribution in [3.05, 3.63) is 17.6 Å². The summed E-state index contributed by atoms with van der Waals surface area (Å²) in [6.07, 6.45) is 0.0234. The van der Waals surface area contributed by atoms with Crippen molar-refractivity contribution in [2.45, 2.75) is 24.7 Å². The van der Waals surface area contributed by atoms with E-state index in [1.54, 1.807) is 0 Å². The quantitative estimate of drug-likeness (QED) is 0.556. The number of rotatable bonds is 7. The molecule has 0 aliphatic carbocycles. The van der Waals surface area contributed by atoms with Crippen LogP contribution in [0.3, 0.4) is 0 Å². The summed E-state index contributed by atoms with van der Waals surface area (Å²) < 4.78 is 35.6. The Kier molecular flexibility index (Phi) is 5.28. The van der Waals surface area contributed by atoms with Crippen molar-refractivity contribution in [3.8, 4) is 0 Å². The molecule has 112 valence electrons. The fourth-order valence-corrected chi connectivity index (χ4v) is 2.71. The van der Waals surface area contributed by atoms with Crippen LogP contribution in [0.1, 0.15) is 29.2 Å². The van der Waals surface area contributed by atoms with Crippen LogP contribution in [0, 0.1) is 6.92 Å². The van der Waals surface area contributed by atoms with Gasteiger partial charge < -0.3 is 14.3 Å². The van der Waals surface area contributed by atoms with E-state index in [2.05, 4.69) is 9.46 Å². The zero-order valence-corrected chi connectivity index (χ0v) is 11.8. The first kappa shape index (κ1) is 16.2. The molecule has 0 spiro atoms. The second kappa shape index (κ2) is 6.53. The number of sulfonamides is 1. The fraction of sp³-hybridized carbons (Fsp3) is 0.455. The number of carboxylic acids is 1. The van der Waals surface area contributed by atoms with E-state index in [1.807, 2.05) is 0 Å². The van der Waals surface area contributed by atoms with Gasteiger partial charge in [-0.3, -0.25) is 4.79 Å². The third-order valence-corrected chi connectivity index (χ3v) is 3.98. The molecule has 0 unspecified atom stereocenters. The minimum Gasteiger partial charge on any atom is -0.481 e. The Hall–Kier alpha value is -1.87. The molecule has 0 atom stereocenters. The zero-order chi connectivity index (χ0) is 15.3. The molecule has 0 aliphatic rings. The Morgan fingerprint density at radius 2 is 2.10 bits per heavy atom. The monoisotopic (exact) mass is 305 g/mol. The summed E-state index contributed by atoms with van der Waals surface area (Å²) in [5.41, 5.74) is 0. The van der Waals surface area contributed by atoms with Crippen LogP contribution < -0.4 is 4.72 Å². The Balaban J connectivity index is 2.79. The maximum absolute atomic E-state index is 12.0. The zero-order valence-electron chi connectivity index (χ0n) is 11.0. The first-order chi connectivity index (χ1) is 9.27. The summed E-state index contributed by atoms with van der Waals surface area (Å²) in [5, 5.41) is 8.45. The van der Waals surface area contributed by atoms with E-state index >= 15 is 0 Å². The average Bonchev–Trinajstić information content (AvgIpc) is 2.76. The normalized spacial score (nSPS) is 11.3. The lowest BCUT2D eigenvalue weighted by molar-refractivity contribution is -0.137. The van der Waals surface area contributed by atoms with Crippen molar-refractivity contribution in [1.82, 2.24) is 4.72 Å². The van der Waals surface area contributed by atoms with Crippen LogP contribution in [0.4, 0.5) is 0 Å². The molecule has 0 amide bonds. The lowest BCUT2D eigenvalue weighted by Crippen LogP contribution is -2.25. The number of carboxylic acid groups (broad SMARTS) is 1. The number of hydrogen-bond acceptors (Lipinski definition) is 6. The number of esters is 1. The number of furan rings is 1. The highest BCUT2D eigenvalue weighted by Crippen LogP contribution is 2.20. The van der Waals surface area contributed by atoms with E-state index < -0.39 is 22.0 Å². The SMILES string of the molecule is COC(=O)c1cc(S(=O)(=O)NCCCC(=O)O)c(C)o1. The molecule has 0 radical (unpaired) electrons. The van der Waals surface area contributed by atoms with Crippen LogP contribution in [0.2, 0.25) is 0 Å². The minimum absolute atomic E-state index is 0.0210. The summed E-state index contributed by atoms with van der Waals surface area (Å²) in [6, 6.07) is 1.07. The van der Waals surface area contributed by atoms with Crippen molar-refractivity contribution < 1.29 is 32.3 Å². The Morgan fingerprint density at radius 3 is 2.65 bits per heavy atom. The van der Waals surface area contributed by atoms with E-state index in [1.165, 1.54) is 6.92 Å². The lowest BCUT2D eigenvalue weighted by atomic mass is 10.3. The van der Waals surface area contributed by atoms with Crippen LogP contribution in [-0.2, 0) is 19.6 Å². The van der Waals surface area contributed by atoms with E-state index in [0.717, 1.165) is 13.2 Å². The topological polar surface area (TPSA) is 123 Å². The van der Waals surface area contributed by atoms with E-state index in [4.69, 9.17) is 9.52 Å². The standard InChI is InChI=1S/C11H15NO7S/c1-7-9(6-8(19-7)11(15)18-2)20(16,17)12-5-3-4-10(13)14/h6,12H,3-5H2,1-2H3,(H,13,14). The summed E-state index contributed by atoms with van der Waals surface area (Å²) in [6.45, 7) is 1.38. The van der Waals surface area contributed by atoms with Crippen LogP contribution in [0.5, 0.6) is 0 Å². The highest BCUT2D eigenvalue weighted by atomic mass is 32.2. The molecule has 20 heavy (non-hydrogen) atoms. The Bertz CT molecular complexity index is 602. The van der Waals surface area contributed by atoms with Gasteiger partial charge in [0.25, 0.3) is 0 Å². The van der Waals surface area contributed by atoms with Crippen LogP contribution in [-0.4, -0.2) is 39.1 Å². The molecule has 0 bridgehead atoms. The van der Waals surface area contributed by atoms with Gasteiger partial charge in [0.05, 0.1) is 7.11 Å². The molecule has 0 saturated heterocycles. The number of nitrogens with one attached hydrogen (secondary N) is 1. The highest BCUT2D eigenvalue weighted by Gasteiger charge is 2.24. The third kappa shape index (κ3) is 4.07. The first-order valence-corrected chi connectivity index (χ1v) is 7.16. The molecule has 2 N–H and O–H groups in total. The first-order valence-electron chi connectivity index (χ1n) is 5.68. The molecular formula is C11H15NO7S. The van der Waals surface area contributed by atoms with Gasteiger partial charge >= 0.3 is 11.9 Å². The summed E-state index contributed by atoms with van der Waals surface area (Å²) >= 11 is 0. The Labute approximate surface area is 115 Å². The fourth-order valence-electron chi connectivity index (χ4n) is 1.46. The summed E-state index contributed by atoms with van der Waals surface area (Å²) in [7, 11) is -2.70. The van der Waals surface area contributed by atoms with Gasteiger partial charge in [0, 0.05) is 19.0 Å². The maximum atomic E-state index is 12.0. The predicted octanol–water partition coefficient (Wildman–Crippen LogP) is 0.518. The molecule has 1 aromatic heterocycles. The molecule has 8 nitrogen and oxygen atoms in total. The van der Waals surface area contributed by atoms with Gasteiger partial charge in [0.1, 0.15) is 10.7 Å². The van der Waals surface area contributed by atoms with Crippen LogP contribution in [0.25, 0.3) is 0 Å². The molecular weight excluding hydrogens is 290 g/mol. The van der Waals surface area contributed by atoms with Gasteiger partial charge in [-0.15, -0.1) is 0 Å². The average molecular weight is 305 g/mol. The van der Waals surface area contributed by atoms with Crippen molar-refractivity contribution in [3.63, 3.8) is 0 Å². The second-order valence-electron chi connectivity index (χ2n) is 3.92. The van der Waals surface area contributed by atoms with Crippen molar-refractivity contribution in [2.24, 2.45) is 0 Å². The number of ether oxygens (including phenoxy) is 1. The van der Waals surface area contributed by atoms with E-state index in [-0.39, 0.29) is 35.8 Å². The van der Waals surface area contributed by atoms with Gasteiger partial charge in [0.15, 0.2) is 0 Å². The number of hydrogen-bond donors (Lipinski definition) is 2. The van der Waals surface area contributed by atoms with Crippen LogP contribution >= 0.6 is 0 Å². The largest absolute Gasteiger partial charge is 0.481 e. The predicted molar refractivity (Wildman–Crippen MR) is 66.8 cm³/mol. The minimum atomic E-state index is -3.85. The van der Waals surface area contributed by atoms with E-state index in [9.17, 15) is 18.0 Å². The number of carbonyl (C=O) groups excluding carboxylic acids is 1. The molecule has 0 saturated carbocycles. The molecule has 1 rings (SSSR count). The van der Waals surface area contributed by atoms with Gasteiger partial charge in [-0.2, -0.15) is 0 Å². The summed E-state index contributed by atoms with van der Waals surface area (Å²) in [5.74, 6) is -1.94. The second-order valence-corrected chi connectivity index (χ2v) is 5.65. The highest BCUT2D eigenvalue weighted by molar-refractivity contribution is 7.89. The van der Waals surface area contributed by atoms with Crippen molar-refractivity contribution >= 4 is 22.0 Å². The number of aliphatic carboxylic acids is 1. The van der Waals surface area contributed by atoms with Gasteiger partial charge in [-0.1, -0.05) is 0 Å². The third-order valence-electron chi connectivity index (χ3n) is 2.41. The molecule has 0 aromatic carbocycles. The van der Waals surface area contributed by atoms with Gasteiger partial charge in [-0.05, 0) is 13.3 Å². The van der Waals surface area contributed by atoms with Gasteiger partial charge in [-0.25, -0.2) is 17.9 Å². The van der Waals surface area contributed by atoms with Crippen molar-refractivity contribution in [2.75, 3.05) is 13.7 Å². The Morgan fingerprint density at radius 1 is 1.45 bits per heavy atom. The molecule has 9 heteroatoms. The van der Waals surface area contributed by atoms with Gasteiger partial charge in [0.2, 0.25) is 15.8 Å².